The van der Waals surface area contributed by atoms with E-state index in [1.807, 2.05) is 7.05 Å². The third-order valence-electron chi connectivity index (χ3n) is 2.33. The monoisotopic (exact) mass is 289 g/mol. The van der Waals surface area contributed by atoms with Gasteiger partial charge in [-0.05, 0) is 38.0 Å². The molecule has 1 aromatic carbocycles. The molecule has 3 heteroatoms. The predicted molar refractivity (Wildman–Crippen MR) is 58.1 cm³/mol. The van der Waals surface area contributed by atoms with Crippen LogP contribution in [0.1, 0.15) is 5.56 Å². The van der Waals surface area contributed by atoms with Crippen LogP contribution in [-0.4, -0.2) is 23.4 Å². The number of benzene rings is 1. The van der Waals surface area contributed by atoms with E-state index in [1.54, 1.807) is 0 Å². The molecule has 0 saturated carbocycles. The van der Waals surface area contributed by atoms with E-state index < -0.39 is 0 Å². The van der Waals surface area contributed by atoms with Crippen LogP contribution in [-0.2, 0) is 25.9 Å². The zero-order valence-corrected chi connectivity index (χ0v) is 10.5. The molecule has 0 unspecified atom stereocenters. The third kappa shape index (κ3) is 3.67. The Morgan fingerprint density at radius 1 is 1.13 bits per heavy atom. The number of nitrogens with zero attached hydrogens (tertiary/aromatic N) is 2. The average molecular weight is 288 g/mol. The molecule has 1 aromatic rings. The van der Waals surface area contributed by atoms with Crippen LogP contribution in [0.3, 0.4) is 0 Å². The largest absolute Gasteiger partial charge is 1.00 e. The van der Waals surface area contributed by atoms with Gasteiger partial charge in [-0.15, -0.1) is 0 Å². The Hall–Kier alpha value is -0.817. The van der Waals surface area contributed by atoms with Crippen molar-refractivity contribution in [3.05, 3.63) is 55.0 Å². The van der Waals surface area contributed by atoms with Crippen LogP contribution in [0.25, 0.3) is 0 Å². The first-order chi connectivity index (χ1) is 6.84. The van der Waals surface area contributed by atoms with Crippen LogP contribution < -0.4 is 0 Å². The first-order valence-corrected chi connectivity index (χ1v) is 4.89. The second kappa shape index (κ2) is 5.92. The fourth-order valence-electron chi connectivity index (χ4n) is 1.54. The van der Waals surface area contributed by atoms with Crippen LogP contribution in [0.2, 0.25) is 0 Å². The van der Waals surface area contributed by atoms with Crippen LogP contribution in [0.4, 0.5) is 0 Å². The molecule has 0 fully saturated rings. The van der Waals surface area contributed by atoms with Crippen molar-refractivity contribution in [2.24, 2.45) is 0 Å². The number of rotatable bonds is 3. The van der Waals surface area contributed by atoms with Gasteiger partial charge in [-0.3, -0.25) is 0 Å². The quantitative estimate of drug-likeness (QED) is 0.620. The molecular weight excluding hydrogens is 273 g/mol. The van der Waals surface area contributed by atoms with Gasteiger partial charge < -0.3 is 9.80 Å². The summed E-state index contributed by atoms with van der Waals surface area (Å²) in [5.41, 5.74) is 1.39. The Bertz CT molecular complexity index is 311. The molecule has 0 aromatic heterocycles. The van der Waals surface area contributed by atoms with Gasteiger partial charge in [0.25, 0.3) is 0 Å². The molecule has 15 heavy (non-hydrogen) atoms. The molecule has 0 aliphatic carbocycles. The molecule has 0 amide bonds. The van der Waals surface area contributed by atoms with Crippen molar-refractivity contribution in [1.29, 1.82) is 0 Å². The zero-order valence-electron chi connectivity index (χ0n) is 8.78. The molecule has 2 rings (SSSR count). The molecule has 0 spiro atoms. The van der Waals surface area contributed by atoms with E-state index in [1.165, 1.54) is 5.56 Å². The fraction of sp³-hybridized carbons (Fsp3) is 0.250. The van der Waals surface area contributed by atoms with E-state index in [2.05, 4.69) is 59.2 Å². The smallest absolute Gasteiger partial charge is 0.511 e. The van der Waals surface area contributed by atoms with Gasteiger partial charge in [0.05, 0.1) is 0 Å². The van der Waals surface area contributed by atoms with Crippen LogP contribution in [0.5, 0.6) is 0 Å². The molecule has 2 nitrogen and oxygen atoms in total. The number of hydrogen-bond acceptors (Lipinski definition) is 2. The summed E-state index contributed by atoms with van der Waals surface area (Å²) in [6.07, 6.45) is 5.25. The van der Waals surface area contributed by atoms with Crippen LogP contribution >= 0.6 is 0 Å². The van der Waals surface area contributed by atoms with Crippen molar-refractivity contribution >= 4 is 0 Å². The minimum atomic E-state index is 0. The summed E-state index contributed by atoms with van der Waals surface area (Å²) in [5.74, 6) is 0. The molecular formula is C12H15N2Ru. The van der Waals surface area contributed by atoms with Crippen molar-refractivity contribution in [3.8, 4) is 0 Å². The summed E-state index contributed by atoms with van der Waals surface area (Å²) in [7, 11) is 2.04. The van der Waals surface area contributed by atoms with Gasteiger partial charge in [-0.25, -0.2) is 0 Å². The molecule has 0 atom stereocenters. The Morgan fingerprint density at radius 2 is 1.87 bits per heavy atom. The zero-order chi connectivity index (χ0) is 9.80. The topological polar surface area (TPSA) is 6.48 Å². The maximum atomic E-state index is 2.20. The normalized spacial score (nSPS) is 14.2. The molecule has 81 valence electrons. The molecule has 0 N–H and O–H groups in total. The van der Waals surface area contributed by atoms with E-state index in [4.69, 9.17) is 0 Å². The molecule has 1 heterocycles. The summed E-state index contributed by atoms with van der Waals surface area (Å²) in [6, 6.07) is 10.6. The van der Waals surface area contributed by atoms with Gasteiger partial charge in [0.15, 0.2) is 0 Å². The fourth-order valence-corrected chi connectivity index (χ4v) is 1.54. The minimum absolute atomic E-state index is 0. The van der Waals surface area contributed by atoms with E-state index in [0.29, 0.717) is 0 Å². The summed E-state index contributed by atoms with van der Waals surface area (Å²) < 4.78 is 0. The maximum Gasteiger partial charge on any atom is 1.00 e. The second-order valence-electron chi connectivity index (χ2n) is 3.55. The van der Waals surface area contributed by atoms with E-state index in [-0.39, 0.29) is 19.5 Å². The second-order valence-corrected chi connectivity index (χ2v) is 3.55. The van der Waals surface area contributed by atoms with Gasteiger partial charge in [-0.1, -0.05) is 30.3 Å². The minimum Gasteiger partial charge on any atom is -0.511 e. The summed E-state index contributed by atoms with van der Waals surface area (Å²) in [4.78, 5) is 4.26. The van der Waals surface area contributed by atoms with Crippen molar-refractivity contribution in [3.63, 3.8) is 0 Å². The summed E-state index contributed by atoms with van der Waals surface area (Å²) in [5, 5.41) is 0. The van der Waals surface area contributed by atoms with E-state index >= 15 is 0 Å². The molecule has 1 aliphatic heterocycles. The van der Waals surface area contributed by atoms with Gasteiger partial charge in [0.1, 0.15) is 0 Å². The molecule has 0 saturated heterocycles. The number of hydrogen-bond donors (Lipinski definition) is 0. The maximum absolute atomic E-state index is 2.20. The Kier molecular flexibility index (Phi) is 4.83. The Morgan fingerprint density at radius 3 is 2.47 bits per heavy atom. The summed E-state index contributed by atoms with van der Waals surface area (Å²) >= 11 is 0. The van der Waals surface area contributed by atoms with Gasteiger partial charge >= 0.3 is 19.5 Å². The van der Waals surface area contributed by atoms with Gasteiger partial charge in [0.2, 0.25) is 0 Å². The standard InChI is InChI=1S/C12H15N2.Ru/c1-13-9-10-14(11-13)8-7-12-5-3-2-4-6-12;/h2-6,9-11H,7-8H2,1H3;/q-1;+1. The van der Waals surface area contributed by atoms with Gasteiger partial charge in [-0.2, -0.15) is 6.67 Å². The molecule has 1 aliphatic rings. The first kappa shape index (κ1) is 12.3. The van der Waals surface area contributed by atoms with E-state index in [0.717, 1.165) is 13.0 Å². The van der Waals surface area contributed by atoms with Crippen molar-refractivity contribution in [2.45, 2.75) is 6.42 Å². The third-order valence-corrected chi connectivity index (χ3v) is 2.33. The Labute approximate surface area is 104 Å². The molecule has 0 bridgehead atoms. The van der Waals surface area contributed by atoms with Crippen LogP contribution in [0.15, 0.2) is 42.7 Å². The van der Waals surface area contributed by atoms with E-state index in [9.17, 15) is 0 Å². The average Bonchev–Trinajstić information content (AvgIpc) is 2.63. The van der Waals surface area contributed by atoms with Gasteiger partial charge in [0, 0.05) is 0 Å². The van der Waals surface area contributed by atoms with Crippen molar-refractivity contribution < 1.29 is 19.5 Å². The Balaban J connectivity index is 0.00000112. The van der Waals surface area contributed by atoms with Crippen molar-refractivity contribution in [1.82, 2.24) is 9.80 Å². The first-order valence-electron chi connectivity index (χ1n) is 4.89. The molecule has 1 radical (unpaired) electrons. The SMILES string of the molecule is CN1C=CN(CCc2ccccc2)[CH-]1.[Ru+]. The van der Waals surface area contributed by atoms with Crippen molar-refractivity contribution in [2.75, 3.05) is 13.6 Å². The predicted octanol–water partition coefficient (Wildman–Crippen LogP) is 2.06. The summed E-state index contributed by atoms with van der Waals surface area (Å²) in [6.45, 7) is 3.15. The van der Waals surface area contributed by atoms with Crippen LogP contribution in [0, 0.1) is 6.67 Å².